The minimum absolute atomic E-state index is 0.00466. The molecule has 0 bridgehead atoms. The van der Waals surface area contributed by atoms with Gasteiger partial charge in [0.05, 0.1) is 17.8 Å². The summed E-state index contributed by atoms with van der Waals surface area (Å²) in [7, 11) is -3.28. The first kappa shape index (κ1) is 14.0. The number of aromatic nitrogens is 3. The molecule has 6 nitrogen and oxygen atoms in total. The van der Waals surface area contributed by atoms with Gasteiger partial charge in [0, 0.05) is 6.04 Å². The highest BCUT2D eigenvalue weighted by atomic mass is 32.2. The van der Waals surface area contributed by atoms with Crippen LogP contribution in [0, 0.1) is 0 Å². The number of para-hydroxylation sites is 1. The predicted octanol–water partition coefficient (Wildman–Crippen LogP) is 1.15. The molecule has 1 aromatic heterocycles. The van der Waals surface area contributed by atoms with Gasteiger partial charge in [-0.15, -0.1) is 5.10 Å². The predicted molar refractivity (Wildman–Crippen MR) is 74.2 cm³/mol. The highest BCUT2D eigenvalue weighted by molar-refractivity contribution is 7.89. The fourth-order valence-electron chi connectivity index (χ4n) is 1.74. The monoisotopic (exact) mass is 282 g/mol. The summed E-state index contributed by atoms with van der Waals surface area (Å²) in [6.45, 7) is 4.09. The molecule has 1 N–H and O–H groups in total. The van der Waals surface area contributed by atoms with Crippen LogP contribution in [-0.2, 0) is 16.6 Å². The lowest BCUT2D eigenvalue weighted by Gasteiger charge is -2.11. The van der Waals surface area contributed by atoms with Gasteiger partial charge < -0.3 is 0 Å². The van der Waals surface area contributed by atoms with Crippen molar-refractivity contribution in [1.82, 2.24) is 19.7 Å². The first-order valence-corrected chi connectivity index (χ1v) is 7.95. The molecule has 0 radical (unpaired) electrons. The second kappa shape index (κ2) is 5.66. The standard InChI is InChI=1S/C12H18N4O2S/c1-3-10(2)14-19(17,18)9-8-16-12-7-5-4-6-11(12)13-15-16/h4-7,10,14H,3,8-9H2,1-2H3. The number of nitrogens with zero attached hydrogens (tertiary/aromatic N) is 3. The van der Waals surface area contributed by atoms with E-state index in [2.05, 4.69) is 15.0 Å². The number of benzene rings is 1. The van der Waals surface area contributed by atoms with Crippen LogP contribution in [0.25, 0.3) is 11.0 Å². The van der Waals surface area contributed by atoms with E-state index >= 15 is 0 Å². The number of sulfonamides is 1. The van der Waals surface area contributed by atoms with E-state index in [0.29, 0.717) is 6.54 Å². The Bertz CT molecular complexity index is 651. The lowest BCUT2D eigenvalue weighted by Crippen LogP contribution is -2.35. The molecule has 1 aromatic carbocycles. The summed E-state index contributed by atoms with van der Waals surface area (Å²) in [5.74, 6) is 0.00466. The summed E-state index contributed by atoms with van der Waals surface area (Å²) in [6.07, 6.45) is 0.769. The molecular weight excluding hydrogens is 264 g/mol. The molecule has 1 unspecified atom stereocenters. The molecule has 0 spiro atoms. The summed E-state index contributed by atoms with van der Waals surface area (Å²) in [5, 5.41) is 7.97. The zero-order chi connectivity index (χ0) is 13.9. The maximum absolute atomic E-state index is 11.9. The van der Waals surface area contributed by atoms with Crippen LogP contribution in [0.15, 0.2) is 24.3 Å². The van der Waals surface area contributed by atoms with E-state index in [1.54, 1.807) is 4.68 Å². The van der Waals surface area contributed by atoms with Crippen LogP contribution in [0.1, 0.15) is 20.3 Å². The molecule has 0 aliphatic carbocycles. The molecule has 0 aliphatic rings. The van der Waals surface area contributed by atoms with Crippen molar-refractivity contribution < 1.29 is 8.42 Å². The Labute approximate surface area is 112 Å². The van der Waals surface area contributed by atoms with Crippen molar-refractivity contribution in [3.05, 3.63) is 24.3 Å². The Hall–Kier alpha value is -1.47. The summed E-state index contributed by atoms with van der Waals surface area (Å²) in [5.41, 5.74) is 1.62. The minimum Gasteiger partial charge on any atom is -0.244 e. The molecule has 0 fully saturated rings. The molecule has 0 aliphatic heterocycles. The summed E-state index contributed by atoms with van der Waals surface area (Å²) >= 11 is 0. The van der Waals surface area contributed by atoms with Gasteiger partial charge in [0.15, 0.2) is 0 Å². The molecule has 104 valence electrons. The van der Waals surface area contributed by atoms with Gasteiger partial charge >= 0.3 is 0 Å². The molecule has 1 heterocycles. The van der Waals surface area contributed by atoms with E-state index in [-0.39, 0.29) is 11.8 Å². The molecule has 2 aromatic rings. The van der Waals surface area contributed by atoms with Crippen molar-refractivity contribution in [3.8, 4) is 0 Å². The van der Waals surface area contributed by atoms with E-state index in [1.165, 1.54) is 0 Å². The van der Waals surface area contributed by atoms with Gasteiger partial charge in [0.25, 0.3) is 0 Å². The van der Waals surface area contributed by atoms with Gasteiger partial charge in [0.2, 0.25) is 10.0 Å². The highest BCUT2D eigenvalue weighted by Gasteiger charge is 2.14. The maximum atomic E-state index is 11.9. The summed E-state index contributed by atoms with van der Waals surface area (Å²) in [4.78, 5) is 0. The normalized spacial score (nSPS) is 13.8. The van der Waals surface area contributed by atoms with Crippen LogP contribution in [0.3, 0.4) is 0 Å². The smallest absolute Gasteiger partial charge is 0.213 e. The van der Waals surface area contributed by atoms with Crippen molar-refractivity contribution in [3.63, 3.8) is 0 Å². The molecule has 19 heavy (non-hydrogen) atoms. The Morgan fingerprint density at radius 2 is 2.11 bits per heavy atom. The molecular formula is C12H18N4O2S. The third-order valence-corrected chi connectivity index (χ3v) is 4.47. The van der Waals surface area contributed by atoms with Crippen LogP contribution in [0.2, 0.25) is 0 Å². The summed E-state index contributed by atoms with van der Waals surface area (Å²) in [6, 6.07) is 7.45. The largest absolute Gasteiger partial charge is 0.244 e. The van der Waals surface area contributed by atoms with Gasteiger partial charge in [-0.1, -0.05) is 24.3 Å². The lowest BCUT2D eigenvalue weighted by molar-refractivity contribution is 0.545. The van der Waals surface area contributed by atoms with Gasteiger partial charge in [0.1, 0.15) is 5.52 Å². The third kappa shape index (κ3) is 3.51. The fourth-order valence-corrected chi connectivity index (χ4v) is 3.05. The van der Waals surface area contributed by atoms with E-state index in [0.717, 1.165) is 17.5 Å². The van der Waals surface area contributed by atoms with Crippen LogP contribution >= 0.6 is 0 Å². The van der Waals surface area contributed by atoms with E-state index < -0.39 is 10.0 Å². The van der Waals surface area contributed by atoms with Gasteiger partial charge in [-0.3, -0.25) is 0 Å². The third-order valence-electron chi connectivity index (χ3n) is 2.99. The summed E-state index contributed by atoms with van der Waals surface area (Å²) < 4.78 is 28.0. The van der Waals surface area contributed by atoms with Crippen LogP contribution < -0.4 is 4.72 Å². The SMILES string of the molecule is CCC(C)NS(=O)(=O)CCn1nnc2ccccc21. The van der Waals surface area contributed by atoms with Crippen LogP contribution in [0.4, 0.5) is 0 Å². The average Bonchev–Trinajstić information content (AvgIpc) is 2.79. The van der Waals surface area contributed by atoms with Crippen molar-refractivity contribution in [2.45, 2.75) is 32.9 Å². The highest BCUT2D eigenvalue weighted by Crippen LogP contribution is 2.09. The lowest BCUT2D eigenvalue weighted by atomic mass is 10.3. The van der Waals surface area contributed by atoms with Crippen molar-refractivity contribution >= 4 is 21.1 Å². The molecule has 0 saturated heterocycles. The van der Waals surface area contributed by atoms with E-state index in [4.69, 9.17) is 0 Å². The van der Waals surface area contributed by atoms with Crippen LogP contribution in [-0.4, -0.2) is 35.2 Å². The Morgan fingerprint density at radius 3 is 2.84 bits per heavy atom. The first-order valence-electron chi connectivity index (χ1n) is 6.30. The molecule has 0 amide bonds. The zero-order valence-electron chi connectivity index (χ0n) is 11.1. The second-order valence-corrected chi connectivity index (χ2v) is 6.42. The van der Waals surface area contributed by atoms with Gasteiger partial charge in [-0.05, 0) is 25.5 Å². The van der Waals surface area contributed by atoms with E-state index in [9.17, 15) is 8.42 Å². The van der Waals surface area contributed by atoms with Gasteiger partial charge in [-0.25, -0.2) is 17.8 Å². The Kier molecular flexibility index (Phi) is 4.16. The van der Waals surface area contributed by atoms with E-state index in [1.807, 2.05) is 38.1 Å². The number of hydrogen-bond donors (Lipinski definition) is 1. The van der Waals surface area contributed by atoms with Crippen molar-refractivity contribution in [2.24, 2.45) is 0 Å². The maximum Gasteiger partial charge on any atom is 0.213 e. The number of fused-ring (bicyclic) bond motifs is 1. The van der Waals surface area contributed by atoms with Crippen molar-refractivity contribution in [1.29, 1.82) is 0 Å². The average molecular weight is 282 g/mol. The topological polar surface area (TPSA) is 76.9 Å². The Morgan fingerprint density at radius 1 is 1.37 bits per heavy atom. The number of rotatable bonds is 6. The number of hydrogen-bond acceptors (Lipinski definition) is 4. The number of nitrogens with one attached hydrogen (secondary N) is 1. The quantitative estimate of drug-likeness (QED) is 0.862. The molecule has 2 rings (SSSR count). The van der Waals surface area contributed by atoms with Crippen LogP contribution in [0.5, 0.6) is 0 Å². The first-order chi connectivity index (χ1) is 9.02. The molecule has 0 saturated carbocycles. The molecule has 1 atom stereocenters. The Balaban J connectivity index is 2.06. The van der Waals surface area contributed by atoms with Crippen molar-refractivity contribution in [2.75, 3.05) is 5.75 Å². The molecule has 7 heteroatoms. The fraction of sp³-hybridized carbons (Fsp3) is 0.500. The number of aryl methyl sites for hydroxylation is 1. The zero-order valence-corrected chi connectivity index (χ0v) is 11.9. The van der Waals surface area contributed by atoms with Gasteiger partial charge in [-0.2, -0.15) is 0 Å². The second-order valence-electron chi connectivity index (χ2n) is 4.55. The minimum atomic E-state index is -3.28.